The smallest absolute Gasteiger partial charge is 0.190 e. The average Bonchev–Trinajstić information content (AvgIpc) is 2.50. The van der Waals surface area contributed by atoms with Crippen LogP contribution in [0.25, 0.3) is 0 Å². The molecule has 0 bridgehead atoms. The number of hydrogen-bond donors (Lipinski definition) is 2. The van der Waals surface area contributed by atoms with Crippen molar-refractivity contribution in [2.45, 2.75) is 32.6 Å². The first-order valence-corrected chi connectivity index (χ1v) is 7.96. The topological polar surface area (TPSA) is 48.9 Å². The molecule has 0 unspecified atom stereocenters. The Morgan fingerprint density at radius 1 is 1.25 bits per heavy atom. The molecule has 0 amide bonds. The van der Waals surface area contributed by atoms with Crippen LogP contribution in [0.5, 0.6) is 0 Å². The molecule has 1 saturated heterocycles. The van der Waals surface area contributed by atoms with Gasteiger partial charge in [0.2, 0.25) is 0 Å². The van der Waals surface area contributed by atoms with Gasteiger partial charge in [-0.15, -0.1) is 0 Å². The molecular weight excluding hydrogens is 252 g/mol. The van der Waals surface area contributed by atoms with Gasteiger partial charge < -0.3 is 20.3 Å². The Labute approximate surface area is 124 Å². The van der Waals surface area contributed by atoms with Crippen molar-refractivity contribution in [1.82, 2.24) is 15.5 Å². The van der Waals surface area contributed by atoms with Crippen LogP contribution in [0.1, 0.15) is 32.6 Å². The van der Waals surface area contributed by atoms with Gasteiger partial charge in [-0.05, 0) is 51.2 Å². The van der Waals surface area contributed by atoms with Crippen LogP contribution in [0, 0.1) is 5.92 Å². The van der Waals surface area contributed by atoms with Gasteiger partial charge in [0.1, 0.15) is 0 Å². The number of likely N-dealkylation sites (tertiary alicyclic amines) is 1. The Morgan fingerprint density at radius 2 is 1.95 bits per heavy atom. The first-order valence-electron chi connectivity index (χ1n) is 7.96. The van der Waals surface area contributed by atoms with Gasteiger partial charge in [-0.25, -0.2) is 0 Å². The molecule has 0 radical (unpaired) electrons. The van der Waals surface area contributed by atoms with E-state index >= 15 is 0 Å². The van der Waals surface area contributed by atoms with E-state index in [9.17, 15) is 0 Å². The molecule has 0 spiro atoms. The fourth-order valence-electron chi connectivity index (χ4n) is 2.63. The van der Waals surface area contributed by atoms with Crippen LogP contribution in [0.15, 0.2) is 4.99 Å². The lowest BCUT2D eigenvalue weighted by Gasteiger charge is -2.31. The number of piperidine rings is 1. The highest BCUT2D eigenvalue weighted by Gasteiger charge is 2.17. The second kappa shape index (κ2) is 10.9. The number of ether oxygens (including phenoxy) is 1. The summed E-state index contributed by atoms with van der Waals surface area (Å²) in [6.45, 7) is 8.70. The number of nitrogens with one attached hydrogen (secondary N) is 2. The molecule has 0 aromatic heterocycles. The number of rotatable bonds is 8. The fourth-order valence-corrected chi connectivity index (χ4v) is 2.63. The maximum Gasteiger partial charge on any atom is 0.190 e. The van der Waals surface area contributed by atoms with Crippen LogP contribution >= 0.6 is 0 Å². The Hall–Kier alpha value is -0.810. The summed E-state index contributed by atoms with van der Waals surface area (Å²) in [5.41, 5.74) is 0. The van der Waals surface area contributed by atoms with Gasteiger partial charge in [-0.2, -0.15) is 0 Å². The summed E-state index contributed by atoms with van der Waals surface area (Å²) in [4.78, 5) is 6.78. The van der Waals surface area contributed by atoms with Gasteiger partial charge in [0, 0.05) is 33.9 Å². The number of hydrogen-bond acceptors (Lipinski definition) is 3. The monoisotopic (exact) mass is 284 g/mol. The van der Waals surface area contributed by atoms with Crippen LogP contribution in [0.4, 0.5) is 0 Å². The fraction of sp³-hybridized carbons (Fsp3) is 0.933. The zero-order valence-electron chi connectivity index (χ0n) is 13.5. The highest BCUT2D eigenvalue weighted by molar-refractivity contribution is 5.79. The van der Waals surface area contributed by atoms with Crippen molar-refractivity contribution < 1.29 is 4.74 Å². The van der Waals surface area contributed by atoms with Crippen molar-refractivity contribution in [1.29, 1.82) is 0 Å². The van der Waals surface area contributed by atoms with Crippen LogP contribution < -0.4 is 10.6 Å². The lowest BCUT2D eigenvalue weighted by atomic mass is 9.93. The lowest BCUT2D eigenvalue weighted by molar-refractivity contribution is 0.187. The number of nitrogens with zero attached hydrogens (tertiary/aromatic N) is 2. The molecule has 5 heteroatoms. The minimum Gasteiger partial charge on any atom is -0.385 e. The van der Waals surface area contributed by atoms with E-state index in [0.717, 1.165) is 38.0 Å². The Bertz CT molecular complexity index is 263. The van der Waals surface area contributed by atoms with Gasteiger partial charge in [0.25, 0.3) is 0 Å². The minimum absolute atomic E-state index is 0.792. The highest BCUT2D eigenvalue weighted by atomic mass is 16.5. The summed E-state index contributed by atoms with van der Waals surface area (Å²) in [6.07, 6.45) is 4.94. The molecule has 1 fully saturated rings. The van der Waals surface area contributed by atoms with Crippen LogP contribution in [0.3, 0.4) is 0 Å². The SMILES string of the molecule is CCN1CCC(CCNC(=NC)NCCCOC)CC1. The minimum atomic E-state index is 0.792. The van der Waals surface area contributed by atoms with Crippen LogP contribution in [-0.4, -0.2) is 64.3 Å². The summed E-state index contributed by atoms with van der Waals surface area (Å²) in [5, 5.41) is 6.71. The molecule has 0 atom stereocenters. The van der Waals surface area contributed by atoms with Crippen molar-refractivity contribution in [2.75, 3.05) is 53.5 Å². The van der Waals surface area contributed by atoms with Crippen molar-refractivity contribution >= 4 is 5.96 Å². The molecule has 1 rings (SSSR count). The first kappa shape index (κ1) is 17.2. The third kappa shape index (κ3) is 7.10. The molecule has 118 valence electrons. The third-order valence-electron chi connectivity index (χ3n) is 4.04. The predicted molar refractivity (Wildman–Crippen MR) is 85.3 cm³/mol. The summed E-state index contributed by atoms with van der Waals surface area (Å²) >= 11 is 0. The molecule has 0 aromatic carbocycles. The summed E-state index contributed by atoms with van der Waals surface area (Å²) in [6, 6.07) is 0. The second-order valence-electron chi connectivity index (χ2n) is 5.44. The van der Waals surface area contributed by atoms with E-state index in [1.54, 1.807) is 7.11 Å². The molecule has 1 heterocycles. The van der Waals surface area contributed by atoms with Gasteiger partial charge in [0.05, 0.1) is 0 Å². The van der Waals surface area contributed by atoms with E-state index in [2.05, 4.69) is 27.4 Å². The van der Waals surface area contributed by atoms with Crippen LogP contribution in [-0.2, 0) is 4.74 Å². The molecule has 1 aliphatic heterocycles. The van der Waals surface area contributed by atoms with E-state index in [-0.39, 0.29) is 0 Å². The van der Waals surface area contributed by atoms with Gasteiger partial charge >= 0.3 is 0 Å². The normalized spacial score (nSPS) is 18.2. The molecule has 0 saturated carbocycles. The van der Waals surface area contributed by atoms with E-state index in [4.69, 9.17) is 4.74 Å². The van der Waals surface area contributed by atoms with Crippen molar-refractivity contribution in [3.8, 4) is 0 Å². The largest absolute Gasteiger partial charge is 0.385 e. The van der Waals surface area contributed by atoms with Crippen molar-refractivity contribution in [2.24, 2.45) is 10.9 Å². The highest BCUT2D eigenvalue weighted by Crippen LogP contribution is 2.19. The predicted octanol–water partition coefficient (Wildman–Crippen LogP) is 1.31. The van der Waals surface area contributed by atoms with E-state index in [0.29, 0.717) is 0 Å². The second-order valence-corrected chi connectivity index (χ2v) is 5.44. The zero-order chi connectivity index (χ0) is 14.6. The third-order valence-corrected chi connectivity index (χ3v) is 4.04. The number of aliphatic imine (C=N–C) groups is 1. The molecule has 2 N–H and O–H groups in total. The Balaban J connectivity index is 2.07. The van der Waals surface area contributed by atoms with E-state index < -0.39 is 0 Å². The van der Waals surface area contributed by atoms with E-state index in [1.165, 1.54) is 38.9 Å². The van der Waals surface area contributed by atoms with Gasteiger partial charge in [-0.1, -0.05) is 6.92 Å². The Morgan fingerprint density at radius 3 is 2.55 bits per heavy atom. The van der Waals surface area contributed by atoms with Crippen molar-refractivity contribution in [3.05, 3.63) is 0 Å². The number of guanidine groups is 1. The van der Waals surface area contributed by atoms with Gasteiger partial charge in [-0.3, -0.25) is 4.99 Å². The summed E-state index contributed by atoms with van der Waals surface area (Å²) < 4.78 is 5.03. The van der Waals surface area contributed by atoms with Crippen LogP contribution in [0.2, 0.25) is 0 Å². The standard InChI is InChI=1S/C15H32N4O/c1-4-19-11-7-14(8-12-19)6-10-18-15(16-2)17-9-5-13-20-3/h14H,4-13H2,1-3H3,(H2,16,17,18). The maximum absolute atomic E-state index is 5.03. The zero-order valence-corrected chi connectivity index (χ0v) is 13.5. The molecule has 1 aliphatic rings. The maximum atomic E-state index is 5.03. The van der Waals surface area contributed by atoms with E-state index in [1.807, 2.05) is 7.05 Å². The lowest BCUT2D eigenvalue weighted by Crippen LogP contribution is -2.40. The first-order chi connectivity index (χ1) is 9.80. The average molecular weight is 284 g/mol. The molecule has 20 heavy (non-hydrogen) atoms. The molecule has 0 aromatic rings. The van der Waals surface area contributed by atoms with Gasteiger partial charge in [0.15, 0.2) is 5.96 Å². The summed E-state index contributed by atoms with van der Waals surface area (Å²) in [5.74, 6) is 1.78. The Kier molecular flexibility index (Phi) is 9.41. The number of methoxy groups -OCH3 is 1. The van der Waals surface area contributed by atoms with Crippen molar-refractivity contribution in [3.63, 3.8) is 0 Å². The molecule has 5 nitrogen and oxygen atoms in total. The summed E-state index contributed by atoms with van der Waals surface area (Å²) in [7, 11) is 3.56. The molecule has 0 aliphatic carbocycles. The quantitative estimate of drug-likeness (QED) is 0.401. The molecular formula is C15H32N4O.